The molecule has 0 aliphatic carbocycles. The molecule has 3 rings (SSSR count). The van der Waals surface area contributed by atoms with Crippen molar-refractivity contribution >= 4 is 17.1 Å². The largest absolute Gasteiger partial charge is 0.573 e. The van der Waals surface area contributed by atoms with Gasteiger partial charge < -0.3 is 10.5 Å². The Bertz CT molecular complexity index is 936. The number of halogens is 4. The van der Waals surface area contributed by atoms with Gasteiger partial charge in [0.15, 0.2) is 17.2 Å². The summed E-state index contributed by atoms with van der Waals surface area (Å²) in [4.78, 5) is 19.4. The minimum atomic E-state index is -5.05. The minimum Gasteiger partial charge on any atom is -0.403 e. The van der Waals surface area contributed by atoms with Crippen molar-refractivity contribution in [3.05, 3.63) is 48.2 Å². The van der Waals surface area contributed by atoms with Crippen LogP contribution in [0.3, 0.4) is 0 Å². The molecule has 10 heteroatoms. The topological polar surface area (TPSA) is 83.0 Å². The van der Waals surface area contributed by atoms with Crippen LogP contribution in [0, 0.1) is 5.82 Å². The fraction of sp³-hybridized carbons (Fsp3) is 0.0714. The zero-order chi connectivity index (χ0) is 17.5. The summed E-state index contributed by atoms with van der Waals surface area (Å²) in [5.74, 6) is -2.96. The SMILES string of the molecule is NC(=O)c1ccnc2ncn(-c3ccc(F)c(OC(F)(F)F)c3)c12. The van der Waals surface area contributed by atoms with Gasteiger partial charge in [0.1, 0.15) is 11.8 Å². The van der Waals surface area contributed by atoms with Crippen molar-refractivity contribution in [1.82, 2.24) is 14.5 Å². The number of nitrogens with zero attached hydrogens (tertiary/aromatic N) is 3. The lowest BCUT2D eigenvalue weighted by Gasteiger charge is -2.12. The molecular formula is C14H8F4N4O2. The third kappa shape index (κ3) is 2.85. The van der Waals surface area contributed by atoms with E-state index in [0.29, 0.717) is 0 Å². The summed E-state index contributed by atoms with van der Waals surface area (Å²) in [5, 5.41) is 0. The van der Waals surface area contributed by atoms with Crippen LogP contribution in [0.5, 0.6) is 5.75 Å². The number of amides is 1. The fourth-order valence-corrected chi connectivity index (χ4v) is 2.18. The van der Waals surface area contributed by atoms with E-state index in [9.17, 15) is 22.4 Å². The monoisotopic (exact) mass is 340 g/mol. The minimum absolute atomic E-state index is 0.0696. The normalized spacial score (nSPS) is 11.7. The molecule has 0 saturated carbocycles. The molecule has 0 radical (unpaired) electrons. The van der Waals surface area contributed by atoms with Crippen molar-refractivity contribution in [2.75, 3.05) is 0 Å². The van der Waals surface area contributed by atoms with Gasteiger partial charge in [-0.1, -0.05) is 0 Å². The van der Waals surface area contributed by atoms with Gasteiger partial charge in [-0.05, 0) is 18.2 Å². The van der Waals surface area contributed by atoms with Crippen molar-refractivity contribution in [1.29, 1.82) is 0 Å². The first-order valence-electron chi connectivity index (χ1n) is 6.44. The molecule has 6 nitrogen and oxygen atoms in total. The highest BCUT2D eigenvalue weighted by atomic mass is 19.4. The van der Waals surface area contributed by atoms with Gasteiger partial charge in [0.25, 0.3) is 5.91 Å². The summed E-state index contributed by atoms with van der Waals surface area (Å²) in [7, 11) is 0. The van der Waals surface area contributed by atoms with Gasteiger partial charge >= 0.3 is 6.36 Å². The molecule has 2 N–H and O–H groups in total. The molecule has 0 bridgehead atoms. The Hall–Kier alpha value is -3.17. The van der Waals surface area contributed by atoms with Crippen LogP contribution in [-0.2, 0) is 0 Å². The van der Waals surface area contributed by atoms with Gasteiger partial charge in [-0.15, -0.1) is 13.2 Å². The standard InChI is InChI=1S/C14H8F4N4O2/c15-9-2-1-7(5-10(9)24-14(16,17)18)22-6-21-13-11(22)8(12(19)23)3-4-20-13/h1-6H,(H2,19,23). The van der Waals surface area contributed by atoms with Gasteiger partial charge in [-0.3, -0.25) is 9.36 Å². The molecule has 1 amide bonds. The highest BCUT2D eigenvalue weighted by Crippen LogP contribution is 2.29. The number of fused-ring (bicyclic) bond motifs is 1. The van der Waals surface area contributed by atoms with Crippen molar-refractivity contribution in [2.45, 2.75) is 6.36 Å². The van der Waals surface area contributed by atoms with Crippen LogP contribution in [0.1, 0.15) is 10.4 Å². The van der Waals surface area contributed by atoms with Crippen LogP contribution in [0.4, 0.5) is 17.6 Å². The molecule has 2 heterocycles. The zero-order valence-corrected chi connectivity index (χ0v) is 11.7. The second-order valence-corrected chi connectivity index (χ2v) is 4.67. The molecule has 0 saturated heterocycles. The summed E-state index contributed by atoms with van der Waals surface area (Å²) < 4.78 is 55.5. The van der Waals surface area contributed by atoms with E-state index >= 15 is 0 Å². The third-order valence-electron chi connectivity index (χ3n) is 3.13. The third-order valence-corrected chi connectivity index (χ3v) is 3.13. The summed E-state index contributed by atoms with van der Waals surface area (Å²) in [6.07, 6.45) is -2.49. The van der Waals surface area contributed by atoms with E-state index in [1.54, 1.807) is 0 Å². The highest BCUT2D eigenvalue weighted by Gasteiger charge is 2.32. The summed E-state index contributed by atoms with van der Waals surface area (Å²) in [6, 6.07) is 4.20. The number of rotatable bonds is 3. The van der Waals surface area contributed by atoms with Crippen molar-refractivity contribution in [3.63, 3.8) is 0 Å². The quantitative estimate of drug-likeness (QED) is 0.743. The van der Waals surface area contributed by atoms with E-state index in [2.05, 4.69) is 14.7 Å². The number of hydrogen-bond donors (Lipinski definition) is 1. The molecule has 2 aromatic heterocycles. The first-order valence-corrected chi connectivity index (χ1v) is 6.44. The molecule has 3 aromatic rings. The predicted molar refractivity (Wildman–Crippen MR) is 74.0 cm³/mol. The van der Waals surface area contributed by atoms with Crippen molar-refractivity contribution in [3.8, 4) is 11.4 Å². The molecule has 0 spiro atoms. The average molecular weight is 340 g/mol. The second-order valence-electron chi connectivity index (χ2n) is 4.67. The van der Waals surface area contributed by atoms with Gasteiger partial charge in [0.05, 0.1) is 11.3 Å². The number of carbonyl (C=O) groups is 1. The van der Waals surface area contributed by atoms with Gasteiger partial charge in [0, 0.05) is 12.3 Å². The number of hydrogen-bond acceptors (Lipinski definition) is 4. The number of carbonyl (C=O) groups excluding carboxylic acids is 1. The maximum Gasteiger partial charge on any atom is 0.573 e. The summed E-state index contributed by atoms with van der Waals surface area (Å²) >= 11 is 0. The Morgan fingerprint density at radius 3 is 2.62 bits per heavy atom. The van der Waals surface area contributed by atoms with E-state index < -0.39 is 23.8 Å². The van der Waals surface area contributed by atoms with E-state index in [1.165, 1.54) is 29.2 Å². The lowest BCUT2D eigenvalue weighted by molar-refractivity contribution is -0.275. The zero-order valence-electron chi connectivity index (χ0n) is 11.7. The Balaban J connectivity index is 2.18. The number of primary amides is 1. The maximum atomic E-state index is 13.5. The number of nitrogens with two attached hydrogens (primary N) is 1. The van der Waals surface area contributed by atoms with E-state index in [-0.39, 0.29) is 22.4 Å². The van der Waals surface area contributed by atoms with E-state index in [1.807, 2.05) is 0 Å². The molecule has 0 aliphatic rings. The van der Waals surface area contributed by atoms with Gasteiger partial charge in [0.2, 0.25) is 0 Å². The van der Waals surface area contributed by atoms with Crippen molar-refractivity contribution in [2.24, 2.45) is 5.73 Å². The molecule has 0 atom stereocenters. The molecule has 0 fully saturated rings. The molecule has 24 heavy (non-hydrogen) atoms. The summed E-state index contributed by atoms with van der Waals surface area (Å²) in [5.41, 5.74) is 5.79. The van der Waals surface area contributed by atoms with Crippen LogP contribution < -0.4 is 10.5 Å². The number of alkyl halides is 3. The smallest absolute Gasteiger partial charge is 0.403 e. The highest BCUT2D eigenvalue weighted by molar-refractivity contribution is 6.03. The molecule has 0 unspecified atom stereocenters. The second kappa shape index (κ2) is 5.48. The van der Waals surface area contributed by atoms with Crippen molar-refractivity contribution < 1.29 is 27.1 Å². The Kier molecular flexibility index (Phi) is 3.59. The number of imidazole rings is 1. The molecule has 124 valence electrons. The number of ether oxygens (including phenoxy) is 1. The molecule has 1 aromatic carbocycles. The lowest BCUT2D eigenvalue weighted by atomic mass is 10.2. The van der Waals surface area contributed by atoms with Crippen LogP contribution in [-0.4, -0.2) is 26.8 Å². The first kappa shape index (κ1) is 15.7. The van der Waals surface area contributed by atoms with Gasteiger partial charge in [-0.25, -0.2) is 14.4 Å². The molecular weight excluding hydrogens is 332 g/mol. The number of benzene rings is 1. The van der Waals surface area contributed by atoms with Crippen LogP contribution >= 0.6 is 0 Å². The maximum absolute atomic E-state index is 13.5. The number of pyridine rings is 1. The van der Waals surface area contributed by atoms with E-state index in [0.717, 1.165) is 12.1 Å². The average Bonchev–Trinajstić information content (AvgIpc) is 2.92. The Labute approximate surface area is 131 Å². The predicted octanol–water partition coefficient (Wildman–Crippen LogP) is 2.56. The lowest BCUT2D eigenvalue weighted by Crippen LogP contribution is -2.18. The Morgan fingerprint density at radius 1 is 1.21 bits per heavy atom. The van der Waals surface area contributed by atoms with Crippen LogP contribution in [0.15, 0.2) is 36.8 Å². The first-order chi connectivity index (χ1) is 11.3. The molecule has 0 aliphatic heterocycles. The van der Waals surface area contributed by atoms with Crippen LogP contribution in [0.25, 0.3) is 16.9 Å². The Morgan fingerprint density at radius 2 is 1.96 bits per heavy atom. The van der Waals surface area contributed by atoms with Gasteiger partial charge in [-0.2, -0.15) is 0 Å². The number of aromatic nitrogens is 3. The van der Waals surface area contributed by atoms with Crippen LogP contribution in [0.2, 0.25) is 0 Å². The fourth-order valence-electron chi connectivity index (χ4n) is 2.18. The van der Waals surface area contributed by atoms with E-state index in [4.69, 9.17) is 5.73 Å². The summed E-state index contributed by atoms with van der Waals surface area (Å²) in [6.45, 7) is 0.